The molecular formula is C17H17Cl2N5O3. The van der Waals surface area contributed by atoms with E-state index in [1.165, 1.54) is 11.8 Å². The van der Waals surface area contributed by atoms with Crippen LogP contribution in [0, 0.1) is 0 Å². The van der Waals surface area contributed by atoms with Gasteiger partial charge in [0.25, 0.3) is 0 Å². The zero-order valence-corrected chi connectivity index (χ0v) is 15.8. The lowest BCUT2D eigenvalue weighted by Gasteiger charge is -2.28. The van der Waals surface area contributed by atoms with Crippen molar-refractivity contribution < 1.29 is 15.3 Å². The number of hydrogen-bond acceptors (Lipinski definition) is 8. The Labute approximate surface area is 165 Å². The second-order valence-corrected chi connectivity index (χ2v) is 6.53. The van der Waals surface area contributed by atoms with Crippen molar-refractivity contribution in [2.45, 2.75) is 19.3 Å². The molecule has 2 unspecified atom stereocenters. The lowest BCUT2D eigenvalue weighted by Crippen LogP contribution is -2.41. The Morgan fingerprint density at radius 3 is 2.37 bits per heavy atom. The molecule has 1 aromatic carbocycles. The van der Waals surface area contributed by atoms with Gasteiger partial charge in [-0.05, 0) is 18.5 Å². The molecule has 3 aromatic rings. The lowest BCUT2D eigenvalue weighted by atomic mass is 10.1. The van der Waals surface area contributed by atoms with E-state index in [1.54, 1.807) is 0 Å². The first-order valence-corrected chi connectivity index (χ1v) is 8.86. The first-order chi connectivity index (χ1) is 12.9. The van der Waals surface area contributed by atoms with Crippen LogP contribution in [0.15, 0.2) is 30.3 Å². The highest BCUT2D eigenvalue weighted by molar-refractivity contribution is 6.32. The predicted molar refractivity (Wildman–Crippen MR) is 103 cm³/mol. The van der Waals surface area contributed by atoms with Crippen LogP contribution in [-0.4, -0.2) is 60.7 Å². The van der Waals surface area contributed by atoms with Crippen molar-refractivity contribution >= 4 is 40.2 Å². The van der Waals surface area contributed by atoms with Gasteiger partial charge in [0.15, 0.2) is 22.1 Å². The fourth-order valence-corrected chi connectivity index (χ4v) is 2.96. The summed E-state index contributed by atoms with van der Waals surface area (Å²) in [7, 11) is 0. The molecule has 142 valence electrons. The summed E-state index contributed by atoms with van der Waals surface area (Å²) in [5.74, 6) is 0.175. The number of fused-ring (bicyclic) bond motifs is 1. The standard InChI is InChI=1S/C17H17Cl2N5O3/c1-9(26)24(7-11(27)8-25)16-13-15(22-17(19)23-16)21-14(18)12(20-13)10-5-3-2-4-6-10/h2-6,9,11,25-27H,7-8H2,1H3. The van der Waals surface area contributed by atoms with E-state index in [-0.39, 0.29) is 34.0 Å². The molecule has 0 aliphatic carbocycles. The minimum absolute atomic E-state index is 0.0956. The average Bonchev–Trinajstić information content (AvgIpc) is 2.65. The number of nitrogens with zero attached hydrogens (tertiary/aromatic N) is 5. The van der Waals surface area contributed by atoms with Gasteiger partial charge in [0.1, 0.15) is 11.9 Å². The molecule has 3 rings (SSSR count). The van der Waals surface area contributed by atoms with E-state index in [0.717, 1.165) is 5.56 Å². The second kappa shape index (κ2) is 8.28. The number of halogens is 2. The van der Waals surface area contributed by atoms with Crippen LogP contribution in [0.5, 0.6) is 0 Å². The van der Waals surface area contributed by atoms with Gasteiger partial charge >= 0.3 is 0 Å². The highest BCUT2D eigenvalue weighted by atomic mass is 35.5. The molecule has 0 amide bonds. The Morgan fingerprint density at radius 2 is 1.74 bits per heavy atom. The maximum absolute atomic E-state index is 10.2. The Hall–Kier alpha value is -2.10. The van der Waals surface area contributed by atoms with Gasteiger partial charge in [0.2, 0.25) is 5.28 Å². The van der Waals surface area contributed by atoms with Gasteiger partial charge in [-0.3, -0.25) is 0 Å². The summed E-state index contributed by atoms with van der Waals surface area (Å²) in [6.45, 7) is 0.918. The molecule has 0 fully saturated rings. The van der Waals surface area contributed by atoms with Crippen LogP contribution in [0.4, 0.5) is 5.82 Å². The van der Waals surface area contributed by atoms with Gasteiger partial charge in [-0.25, -0.2) is 9.97 Å². The average molecular weight is 410 g/mol. The van der Waals surface area contributed by atoms with Crippen molar-refractivity contribution in [1.82, 2.24) is 19.9 Å². The summed E-state index contributed by atoms with van der Waals surface area (Å²) in [6, 6.07) is 9.22. The summed E-state index contributed by atoms with van der Waals surface area (Å²) in [5.41, 5.74) is 1.58. The maximum atomic E-state index is 10.2. The highest BCUT2D eigenvalue weighted by Gasteiger charge is 2.23. The lowest BCUT2D eigenvalue weighted by molar-refractivity contribution is 0.0866. The van der Waals surface area contributed by atoms with Gasteiger partial charge in [0, 0.05) is 5.56 Å². The van der Waals surface area contributed by atoms with Crippen LogP contribution in [-0.2, 0) is 0 Å². The number of rotatable bonds is 6. The van der Waals surface area contributed by atoms with Crippen molar-refractivity contribution in [3.63, 3.8) is 0 Å². The third kappa shape index (κ3) is 4.26. The summed E-state index contributed by atoms with van der Waals surface area (Å²) < 4.78 is 0. The van der Waals surface area contributed by atoms with Gasteiger partial charge in [-0.1, -0.05) is 41.9 Å². The summed E-state index contributed by atoms with van der Waals surface area (Å²) in [4.78, 5) is 18.4. The summed E-state index contributed by atoms with van der Waals surface area (Å²) in [5, 5.41) is 29.2. The number of aliphatic hydroxyl groups excluding tert-OH is 3. The number of hydrogen-bond donors (Lipinski definition) is 3. The monoisotopic (exact) mass is 409 g/mol. The molecule has 2 atom stereocenters. The molecule has 0 saturated heterocycles. The highest BCUT2D eigenvalue weighted by Crippen LogP contribution is 2.30. The SMILES string of the molecule is CC(O)N(CC(O)CO)c1nc(Cl)nc2nc(Cl)c(-c3ccccc3)nc12. The number of benzene rings is 1. The Morgan fingerprint density at radius 1 is 1.04 bits per heavy atom. The molecule has 0 aliphatic rings. The minimum atomic E-state index is -1.10. The molecule has 3 N–H and O–H groups in total. The van der Waals surface area contributed by atoms with Crippen LogP contribution in [0.3, 0.4) is 0 Å². The Bertz CT molecular complexity index is 943. The van der Waals surface area contributed by atoms with Crippen molar-refractivity contribution in [3.05, 3.63) is 40.8 Å². The first-order valence-electron chi connectivity index (χ1n) is 8.10. The van der Waals surface area contributed by atoms with E-state index in [0.29, 0.717) is 5.69 Å². The van der Waals surface area contributed by atoms with Crippen LogP contribution < -0.4 is 4.90 Å². The normalized spacial score (nSPS) is 13.6. The van der Waals surface area contributed by atoms with Crippen LogP contribution in [0.2, 0.25) is 10.4 Å². The maximum Gasteiger partial charge on any atom is 0.226 e. The number of aliphatic hydroxyl groups is 3. The predicted octanol–water partition coefficient (Wildman–Crippen LogP) is 1.89. The van der Waals surface area contributed by atoms with E-state index in [9.17, 15) is 10.2 Å². The van der Waals surface area contributed by atoms with Crippen LogP contribution in [0.25, 0.3) is 22.4 Å². The summed E-state index contributed by atoms with van der Waals surface area (Å²) >= 11 is 12.3. The minimum Gasteiger partial charge on any atom is -0.394 e. The number of anilines is 1. The van der Waals surface area contributed by atoms with E-state index in [4.69, 9.17) is 28.3 Å². The van der Waals surface area contributed by atoms with Gasteiger partial charge < -0.3 is 20.2 Å². The third-order valence-electron chi connectivity index (χ3n) is 3.83. The molecule has 8 nitrogen and oxygen atoms in total. The fourth-order valence-electron chi connectivity index (χ4n) is 2.57. The fraction of sp³-hybridized carbons (Fsp3) is 0.294. The first kappa shape index (κ1) is 19.7. The molecular weight excluding hydrogens is 393 g/mol. The van der Waals surface area contributed by atoms with Gasteiger partial charge in [-0.15, -0.1) is 0 Å². The molecule has 0 saturated carbocycles. The van der Waals surface area contributed by atoms with Crippen molar-refractivity contribution in [1.29, 1.82) is 0 Å². The van der Waals surface area contributed by atoms with Gasteiger partial charge in [0.05, 0.1) is 19.3 Å². The molecule has 27 heavy (non-hydrogen) atoms. The molecule has 0 aliphatic heterocycles. The number of aromatic nitrogens is 4. The van der Waals surface area contributed by atoms with Gasteiger partial charge in [-0.2, -0.15) is 9.97 Å². The molecule has 0 radical (unpaired) electrons. The largest absolute Gasteiger partial charge is 0.394 e. The molecule has 0 bridgehead atoms. The molecule has 2 heterocycles. The van der Waals surface area contributed by atoms with E-state index in [2.05, 4.69) is 19.9 Å². The van der Waals surface area contributed by atoms with Crippen LogP contribution in [0.1, 0.15) is 6.92 Å². The third-order valence-corrected chi connectivity index (χ3v) is 4.26. The van der Waals surface area contributed by atoms with Crippen molar-refractivity contribution in [2.24, 2.45) is 0 Å². The van der Waals surface area contributed by atoms with E-state index >= 15 is 0 Å². The smallest absolute Gasteiger partial charge is 0.226 e. The van der Waals surface area contributed by atoms with E-state index in [1.807, 2.05) is 30.3 Å². The quantitative estimate of drug-likeness (QED) is 0.417. The van der Waals surface area contributed by atoms with Crippen LogP contribution >= 0.6 is 23.2 Å². The zero-order valence-electron chi connectivity index (χ0n) is 14.3. The summed E-state index contributed by atoms with van der Waals surface area (Å²) in [6.07, 6.45) is -2.14. The molecule has 2 aromatic heterocycles. The van der Waals surface area contributed by atoms with Crippen molar-refractivity contribution in [2.75, 3.05) is 18.1 Å². The molecule has 0 spiro atoms. The Balaban J connectivity index is 2.22. The zero-order chi connectivity index (χ0) is 19.6. The van der Waals surface area contributed by atoms with Crippen molar-refractivity contribution in [3.8, 4) is 11.3 Å². The Kier molecular flexibility index (Phi) is 6.03. The van der Waals surface area contributed by atoms with E-state index < -0.39 is 18.9 Å². The second-order valence-electron chi connectivity index (χ2n) is 5.84. The topological polar surface area (TPSA) is 115 Å². The molecule has 10 heteroatoms.